The summed E-state index contributed by atoms with van der Waals surface area (Å²) in [5.41, 5.74) is 5.40. The predicted octanol–water partition coefficient (Wildman–Crippen LogP) is 5.04. The van der Waals surface area contributed by atoms with E-state index in [0.717, 1.165) is 36.0 Å². The Morgan fingerprint density at radius 1 is 1.03 bits per heavy atom. The summed E-state index contributed by atoms with van der Waals surface area (Å²) in [4.78, 5) is 11.0. The van der Waals surface area contributed by atoms with Gasteiger partial charge in [0.05, 0.1) is 11.7 Å². The number of halogens is 2. The molecule has 0 saturated carbocycles. The molecule has 0 aromatic heterocycles. The quantitative estimate of drug-likeness (QED) is 0.446. The summed E-state index contributed by atoms with van der Waals surface area (Å²) in [6.45, 7) is 0.478. The Morgan fingerprint density at radius 2 is 1.76 bits per heavy atom. The Labute approximate surface area is 205 Å². The third kappa shape index (κ3) is 6.60. The molecule has 0 radical (unpaired) electrons. The Morgan fingerprint density at radius 3 is 2.48 bits per heavy atom. The van der Waals surface area contributed by atoms with Crippen molar-refractivity contribution in [1.82, 2.24) is 5.32 Å². The topological polar surface area (TPSA) is 69.6 Å². The summed E-state index contributed by atoms with van der Waals surface area (Å²) in [5, 5.41) is 23.6. The average Bonchev–Trinajstić information content (AvgIpc) is 2.81. The van der Waals surface area contributed by atoms with Gasteiger partial charge in [-0.15, -0.1) is 12.4 Å². The SMILES string of the molecule is Cl.O=C(O)c1ccc(C#Cc2ccc3c(c2)C[C@@H](NC[C@H](O)c2cccc(Cl)c2)CC3)cc1. The van der Waals surface area contributed by atoms with Crippen LogP contribution in [0.5, 0.6) is 0 Å². The largest absolute Gasteiger partial charge is 0.478 e. The van der Waals surface area contributed by atoms with E-state index < -0.39 is 12.1 Å². The molecule has 3 N–H and O–H groups in total. The summed E-state index contributed by atoms with van der Waals surface area (Å²) >= 11 is 6.03. The van der Waals surface area contributed by atoms with Crippen LogP contribution in [0.25, 0.3) is 0 Å². The van der Waals surface area contributed by atoms with Gasteiger partial charge in [0.1, 0.15) is 0 Å². The molecule has 3 aromatic rings. The Hall–Kier alpha value is -2.81. The molecule has 170 valence electrons. The van der Waals surface area contributed by atoms with Crippen molar-refractivity contribution in [1.29, 1.82) is 0 Å². The molecule has 3 aromatic carbocycles. The van der Waals surface area contributed by atoms with Gasteiger partial charge in [0.15, 0.2) is 0 Å². The number of aliphatic hydroxyl groups is 1. The molecule has 0 bridgehead atoms. The molecule has 0 amide bonds. The Kier molecular flexibility index (Phi) is 8.55. The third-order valence-corrected chi connectivity index (χ3v) is 5.99. The Balaban J connectivity index is 0.00000306. The summed E-state index contributed by atoms with van der Waals surface area (Å²) < 4.78 is 0. The zero-order valence-electron chi connectivity index (χ0n) is 17.9. The number of nitrogens with one attached hydrogen (secondary N) is 1. The molecule has 0 heterocycles. The first-order valence-corrected chi connectivity index (χ1v) is 11.0. The van der Waals surface area contributed by atoms with Gasteiger partial charge in [0.25, 0.3) is 0 Å². The van der Waals surface area contributed by atoms with Crippen LogP contribution in [0.15, 0.2) is 66.7 Å². The van der Waals surface area contributed by atoms with Crippen molar-refractivity contribution in [3.8, 4) is 11.8 Å². The highest BCUT2D eigenvalue weighted by molar-refractivity contribution is 6.30. The second-order valence-corrected chi connectivity index (χ2v) is 8.47. The van der Waals surface area contributed by atoms with Crippen molar-refractivity contribution in [2.75, 3.05) is 6.54 Å². The average molecular weight is 482 g/mol. The second-order valence-electron chi connectivity index (χ2n) is 8.03. The first-order chi connectivity index (χ1) is 15.5. The molecule has 1 aliphatic rings. The number of fused-ring (bicyclic) bond motifs is 1. The molecule has 6 heteroatoms. The van der Waals surface area contributed by atoms with Gasteiger partial charge in [-0.25, -0.2) is 4.79 Å². The summed E-state index contributed by atoms with van der Waals surface area (Å²) in [6, 6.07) is 20.5. The lowest BCUT2D eigenvalue weighted by molar-refractivity contribution is 0.0697. The Bertz CT molecular complexity index is 1180. The van der Waals surface area contributed by atoms with E-state index in [2.05, 4.69) is 29.3 Å². The van der Waals surface area contributed by atoms with Crippen molar-refractivity contribution < 1.29 is 15.0 Å². The highest BCUT2D eigenvalue weighted by Crippen LogP contribution is 2.24. The van der Waals surface area contributed by atoms with Gasteiger partial charge in [0.2, 0.25) is 0 Å². The van der Waals surface area contributed by atoms with Crippen molar-refractivity contribution in [3.05, 3.63) is 105 Å². The van der Waals surface area contributed by atoms with Gasteiger partial charge in [-0.2, -0.15) is 0 Å². The minimum Gasteiger partial charge on any atom is -0.478 e. The number of benzene rings is 3. The van der Waals surface area contributed by atoms with E-state index in [1.165, 1.54) is 11.1 Å². The van der Waals surface area contributed by atoms with Crippen LogP contribution in [0.1, 0.15) is 50.7 Å². The zero-order valence-corrected chi connectivity index (χ0v) is 19.5. The molecular weight excluding hydrogens is 457 g/mol. The molecule has 0 aliphatic heterocycles. The fraction of sp³-hybridized carbons (Fsp3) is 0.222. The smallest absolute Gasteiger partial charge is 0.335 e. The highest BCUT2D eigenvalue weighted by atomic mass is 35.5. The van der Waals surface area contributed by atoms with E-state index in [-0.39, 0.29) is 18.0 Å². The monoisotopic (exact) mass is 481 g/mol. The number of aromatic carboxylic acids is 1. The van der Waals surface area contributed by atoms with Crippen LogP contribution in [-0.4, -0.2) is 28.8 Å². The zero-order chi connectivity index (χ0) is 22.5. The van der Waals surface area contributed by atoms with Crippen LogP contribution in [0, 0.1) is 11.8 Å². The van der Waals surface area contributed by atoms with Crippen LogP contribution in [0.2, 0.25) is 5.02 Å². The molecule has 33 heavy (non-hydrogen) atoms. The maximum atomic E-state index is 11.0. The molecule has 0 saturated heterocycles. The van der Waals surface area contributed by atoms with Crippen molar-refractivity contribution in [2.45, 2.75) is 31.4 Å². The molecule has 0 spiro atoms. The maximum Gasteiger partial charge on any atom is 0.335 e. The fourth-order valence-corrected chi connectivity index (χ4v) is 4.16. The molecule has 2 atom stereocenters. The number of aliphatic hydroxyl groups excluding tert-OH is 1. The molecule has 1 aliphatic carbocycles. The first-order valence-electron chi connectivity index (χ1n) is 10.6. The van der Waals surface area contributed by atoms with Gasteiger partial charge in [-0.05, 0) is 84.5 Å². The minimum atomic E-state index is -0.942. The normalized spacial score (nSPS) is 15.4. The van der Waals surface area contributed by atoms with E-state index in [1.54, 1.807) is 36.4 Å². The van der Waals surface area contributed by atoms with E-state index in [1.807, 2.05) is 18.2 Å². The number of hydrogen-bond acceptors (Lipinski definition) is 3. The second kappa shape index (κ2) is 11.4. The molecule has 0 unspecified atom stereocenters. The minimum absolute atomic E-state index is 0. The third-order valence-electron chi connectivity index (χ3n) is 5.75. The number of carboxylic acid groups (broad SMARTS) is 1. The lowest BCUT2D eigenvalue weighted by atomic mass is 9.87. The van der Waals surface area contributed by atoms with Gasteiger partial charge >= 0.3 is 5.97 Å². The van der Waals surface area contributed by atoms with Gasteiger partial charge in [0, 0.05) is 28.7 Å². The fourth-order valence-electron chi connectivity index (χ4n) is 3.96. The van der Waals surface area contributed by atoms with Crippen LogP contribution < -0.4 is 5.32 Å². The van der Waals surface area contributed by atoms with Crippen LogP contribution in [-0.2, 0) is 12.8 Å². The highest BCUT2D eigenvalue weighted by Gasteiger charge is 2.19. The summed E-state index contributed by atoms with van der Waals surface area (Å²) in [6.07, 6.45) is 2.31. The van der Waals surface area contributed by atoms with Gasteiger partial charge in [-0.3, -0.25) is 0 Å². The van der Waals surface area contributed by atoms with Crippen molar-refractivity contribution in [3.63, 3.8) is 0 Å². The van der Waals surface area contributed by atoms with Crippen LogP contribution in [0.4, 0.5) is 0 Å². The van der Waals surface area contributed by atoms with Gasteiger partial charge < -0.3 is 15.5 Å². The number of aryl methyl sites for hydroxylation is 1. The molecule has 0 fully saturated rings. The van der Waals surface area contributed by atoms with Crippen LogP contribution in [0.3, 0.4) is 0 Å². The predicted molar refractivity (Wildman–Crippen MR) is 133 cm³/mol. The number of carboxylic acids is 1. The van der Waals surface area contributed by atoms with E-state index in [0.29, 0.717) is 17.6 Å². The summed E-state index contributed by atoms with van der Waals surface area (Å²) in [5.74, 6) is 5.34. The number of hydrogen-bond donors (Lipinski definition) is 3. The number of rotatable bonds is 5. The standard InChI is InChI=1S/C27H24ClNO3.ClH/c28-24-3-1-2-22(15-24)26(30)17-29-25-13-12-20-9-8-19(14-23(20)16-25)5-4-18-6-10-21(11-7-18)27(31)32;/h1-3,6-11,14-15,25-26,29-30H,12-13,16-17H2,(H,31,32);1H/t25-,26-;/m0./s1. The molecule has 4 nitrogen and oxygen atoms in total. The molecule has 4 rings (SSSR count). The lowest BCUT2D eigenvalue weighted by Crippen LogP contribution is -2.37. The van der Waals surface area contributed by atoms with Crippen molar-refractivity contribution >= 4 is 30.0 Å². The summed E-state index contributed by atoms with van der Waals surface area (Å²) in [7, 11) is 0. The van der Waals surface area contributed by atoms with E-state index >= 15 is 0 Å². The van der Waals surface area contributed by atoms with Crippen LogP contribution >= 0.6 is 24.0 Å². The van der Waals surface area contributed by atoms with Gasteiger partial charge in [-0.1, -0.05) is 41.6 Å². The van der Waals surface area contributed by atoms with Crippen molar-refractivity contribution in [2.24, 2.45) is 0 Å². The number of carbonyl (C=O) groups is 1. The maximum absolute atomic E-state index is 11.0. The van der Waals surface area contributed by atoms with E-state index in [4.69, 9.17) is 16.7 Å². The molecular formula is C27H25Cl2NO3. The first kappa shape index (κ1) is 24.8. The lowest BCUT2D eigenvalue weighted by Gasteiger charge is -2.27. The van der Waals surface area contributed by atoms with E-state index in [9.17, 15) is 9.90 Å².